The second-order valence-corrected chi connectivity index (χ2v) is 20.0. The minimum absolute atomic E-state index is 0.0929. The molecule has 2 heterocycles. The molecule has 6 aromatic carbocycles. The SMILES string of the molecule is CC1=C(C(=O)O)C(c2cccc(Cl)c2)C(C(=O)NC/C=C/c2ccccc2)=C(COCCc2ccccc2)N1.CCC1=C(C(=O)OC)C(c2cccc(Cl)c2)C(C(=O)NCCC(c2ccccc2)c2ccccc2)=C(COCCN)N1. The number of carbonyl (C=O) groups excluding carboxylic acids is 3. The lowest BCUT2D eigenvalue weighted by Crippen LogP contribution is -2.39. The third-order valence-corrected chi connectivity index (χ3v) is 14.2. The maximum atomic E-state index is 14.1. The zero-order valence-corrected chi connectivity index (χ0v) is 47.3. The predicted octanol–water partition coefficient (Wildman–Crippen LogP) is 11.2. The van der Waals surface area contributed by atoms with Gasteiger partial charge in [0.05, 0.1) is 79.1 Å². The summed E-state index contributed by atoms with van der Waals surface area (Å²) < 4.78 is 17.0. The van der Waals surface area contributed by atoms with Crippen molar-refractivity contribution >= 4 is 53.0 Å². The number of methoxy groups -OCH3 is 1. The van der Waals surface area contributed by atoms with E-state index < -0.39 is 23.8 Å². The van der Waals surface area contributed by atoms with E-state index in [4.69, 9.17) is 43.1 Å². The summed E-state index contributed by atoms with van der Waals surface area (Å²) in [6.45, 7) is 5.69. The maximum Gasteiger partial charge on any atom is 0.336 e. The van der Waals surface area contributed by atoms with E-state index in [0.717, 1.165) is 11.1 Å². The monoisotopic (exact) mass is 1130 g/mol. The Labute approximate surface area is 484 Å². The molecule has 0 aromatic heterocycles. The van der Waals surface area contributed by atoms with Gasteiger partial charge in [-0.25, -0.2) is 9.59 Å². The summed E-state index contributed by atoms with van der Waals surface area (Å²) in [7, 11) is 1.34. The number of allylic oxidation sites excluding steroid dienone is 2. The number of carboxylic acid groups (broad SMARTS) is 1. The number of hydrogen-bond acceptors (Lipinski definition) is 10. The first-order valence-corrected chi connectivity index (χ1v) is 27.7. The van der Waals surface area contributed by atoms with E-state index in [0.29, 0.717) is 106 Å². The number of halogens is 2. The first-order valence-electron chi connectivity index (χ1n) is 27.0. The number of ether oxygens (including phenoxy) is 3. The van der Waals surface area contributed by atoms with E-state index in [1.165, 1.54) is 18.2 Å². The average molecular weight is 1130 g/mol. The Morgan fingerprint density at radius 1 is 0.642 bits per heavy atom. The summed E-state index contributed by atoms with van der Waals surface area (Å²) in [5, 5.41) is 23.7. The van der Waals surface area contributed by atoms with E-state index in [9.17, 15) is 24.3 Å². The van der Waals surface area contributed by atoms with Gasteiger partial charge >= 0.3 is 11.9 Å². The topological polar surface area (TPSA) is 190 Å². The van der Waals surface area contributed by atoms with Crippen molar-refractivity contribution in [3.63, 3.8) is 0 Å². The number of benzene rings is 6. The van der Waals surface area contributed by atoms with Gasteiger partial charge in [0.25, 0.3) is 0 Å². The fourth-order valence-corrected chi connectivity index (χ4v) is 10.4. The van der Waals surface area contributed by atoms with Crippen LogP contribution in [0.25, 0.3) is 6.08 Å². The van der Waals surface area contributed by atoms with Gasteiger partial charge in [-0.15, -0.1) is 0 Å². The predicted molar refractivity (Wildman–Crippen MR) is 320 cm³/mol. The van der Waals surface area contributed by atoms with Gasteiger partial charge in [0.1, 0.15) is 0 Å². The number of aliphatic carboxylic acids is 1. The maximum absolute atomic E-state index is 14.1. The first-order chi connectivity index (χ1) is 39.4. The highest BCUT2D eigenvalue weighted by Gasteiger charge is 2.40. The van der Waals surface area contributed by atoms with Gasteiger partial charge in [0, 0.05) is 47.0 Å². The number of rotatable bonds is 24. The molecule has 0 saturated carbocycles. The van der Waals surface area contributed by atoms with Gasteiger partial charge in [-0.1, -0.05) is 188 Å². The number of nitrogens with two attached hydrogens (primary N) is 1. The lowest BCUT2D eigenvalue weighted by atomic mass is 9.79. The Morgan fingerprint density at radius 2 is 1.16 bits per heavy atom. The van der Waals surface area contributed by atoms with Crippen LogP contribution in [0, 0.1) is 0 Å². The molecule has 2 aliphatic rings. The lowest BCUT2D eigenvalue weighted by molar-refractivity contribution is -0.136. The molecule has 0 spiro atoms. The van der Waals surface area contributed by atoms with E-state index in [1.807, 2.05) is 128 Å². The van der Waals surface area contributed by atoms with Crippen molar-refractivity contribution in [2.24, 2.45) is 5.73 Å². The van der Waals surface area contributed by atoms with E-state index in [1.54, 1.807) is 43.3 Å². The number of dihydropyridines is 2. The molecule has 2 unspecified atom stereocenters. The molecule has 0 radical (unpaired) electrons. The average Bonchev–Trinajstić information content (AvgIpc) is 3.68. The molecule has 8 rings (SSSR count). The number of esters is 1. The zero-order chi connectivity index (χ0) is 57.5. The van der Waals surface area contributed by atoms with Crippen molar-refractivity contribution in [3.8, 4) is 0 Å². The van der Waals surface area contributed by atoms with Crippen LogP contribution in [0.3, 0.4) is 0 Å². The lowest BCUT2D eigenvalue weighted by Gasteiger charge is -2.33. The molecular formula is C66H69Cl2N5O8. The molecule has 2 aliphatic heterocycles. The number of amides is 2. The molecule has 0 saturated heterocycles. The van der Waals surface area contributed by atoms with Crippen LogP contribution in [-0.4, -0.2) is 82.0 Å². The van der Waals surface area contributed by atoms with Crippen LogP contribution in [0.15, 0.2) is 221 Å². The van der Waals surface area contributed by atoms with Gasteiger partial charge in [-0.2, -0.15) is 0 Å². The van der Waals surface area contributed by atoms with Gasteiger partial charge in [-0.05, 0) is 83.8 Å². The van der Waals surface area contributed by atoms with Gasteiger partial charge in [0.15, 0.2) is 0 Å². The number of hydrogen-bond donors (Lipinski definition) is 6. The molecule has 2 amide bonds. The molecule has 0 fully saturated rings. The summed E-state index contributed by atoms with van der Waals surface area (Å²) >= 11 is 12.7. The van der Waals surface area contributed by atoms with Gasteiger partial charge in [-0.3, -0.25) is 9.59 Å². The Bertz CT molecular complexity index is 3220. The number of carbonyl (C=O) groups is 4. The molecule has 81 heavy (non-hydrogen) atoms. The van der Waals surface area contributed by atoms with Crippen LogP contribution in [0.1, 0.15) is 77.8 Å². The Morgan fingerprint density at radius 3 is 1.69 bits per heavy atom. The summed E-state index contributed by atoms with van der Waals surface area (Å²) in [5.74, 6) is -3.72. The molecule has 15 heteroatoms. The van der Waals surface area contributed by atoms with Crippen molar-refractivity contribution in [3.05, 3.63) is 264 Å². The van der Waals surface area contributed by atoms with Crippen LogP contribution < -0.4 is 27.0 Å². The first kappa shape index (κ1) is 60.6. The summed E-state index contributed by atoms with van der Waals surface area (Å²) in [6, 6.07) is 54.4. The highest BCUT2D eigenvalue weighted by atomic mass is 35.5. The Balaban J connectivity index is 0.000000234. The van der Waals surface area contributed by atoms with Crippen molar-refractivity contribution in [2.45, 2.75) is 50.9 Å². The smallest absolute Gasteiger partial charge is 0.336 e. The van der Waals surface area contributed by atoms with Crippen LogP contribution in [0.2, 0.25) is 10.0 Å². The Kier molecular flexibility index (Phi) is 23.3. The fourth-order valence-electron chi connectivity index (χ4n) is 10.0. The van der Waals surface area contributed by atoms with E-state index >= 15 is 0 Å². The molecular weight excluding hydrogens is 1060 g/mol. The Hall–Kier alpha value is -8.04. The molecule has 13 nitrogen and oxygen atoms in total. The summed E-state index contributed by atoms with van der Waals surface area (Å²) in [5.41, 5.74) is 14.9. The minimum Gasteiger partial charge on any atom is -0.478 e. The molecule has 420 valence electrons. The second kappa shape index (κ2) is 31.1. The highest BCUT2D eigenvalue weighted by Crippen LogP contribution is 2.42. The van der Waals surface area contributed by atoms with Crippen molar-refractivity contribution in [1.82, 2.24) is 21.3 Å². The van der Waals surface area contributed by atoms with Crippen LogP contribution >= 0.6 is 23.2 Å². The third-order valence-electron chi connectivity index (χ3n) is 13.8. The zero-order valence-electron chi connectivity index (χ0n) is 45.8. The second-order valence-electron chi connectivity index (χ2n) is 19.2. The fraction of sp³-hybridized carbons (Fsp3) is 0.242. The minimum atomic E-state index is -1.11. The number of carboxylic acids is 1. The number of nitrogens with one attached hydrogen (secondary N) is 4. The molecule has 0 aliphatic carbocycles. The molecule has 0 bridgehead atoms. The van der Waals surface area contributed by atoms with Crippen LogP contribution in [0.5, 0.6) is 0 Å². The van der Waals surface area contributed by atoms with Gasteiger partial charge < -0.3 is 46.3 Å². The summed E-state index contributed by atoms with van der Waals surface area (Å²) in [4.78, 5) is 53.4. The van der Waals surface area contributed by atoms with Crippen molar-refractivity contribution in [2.75, 3.05) is 53.2 Å². The van der Waals surface area contributed by atoms with Crippen molar-refractivity contribution < 1.29 is 38.5 Å². The standard InChI is InChI=1S/C34H38ClN3O4.C32H31ClN2O4/c1-3-28-32(34(40)41-2)30(25-15-10-16-26(35)21-25)31(29(38-28)22-42-20-18-36)33(39)37-19-17-27(23-11-6-4-7-12-23)24-13-8-5-9-14-24;1-22-28(32(37)38)29(25-15-8-16-26(33)20-25)30(31(36)34-18-9-14-23-10-4-2-5-11-23)27(35-22)21-39-19-17-24-12-6-3-7-13-24/h4-16,21,27,30,38H,3,17-20,22,36H2,1-2H3,(H,37,39);2-16,20,29,35H,17-19,21H2,1H3,(H,34,36)(H,37,38)/b;14-9+. The largest absolute Gasteiger partial charge is 0.478 e. The van der Waals surface area contributed by atoms with Gasteiger partial charge in [0.2, 0.25) is 11.8 Å². The molecule has 7 N–H and O–H groups in total. The normalized spacial score (nSPS) is 15.2. The quantitative estimate of drug-likeness (QED) is 0.0250. The van der Waals surface area contributed by atoms with Crippen molar-refractivity contribution in [1.29, 1.82) is 0 Å². The highest BCUT2D eigenvalue weighted by molar-refractivity contribution is 6.31. The molecule has 2 atom stereocenters. The van der Waals surface area contributed by atoms with E-state index in [2.05, 4.69) is 45.5 Å². The van der Waals surface area contributed by atoms with Crippen LogP contribution in [0.4, 0.5) is 0 Å². The van der Waals surface area contributed by atoms with Crippen LogP contribution in [-0.2, 0) is 39.8 Å². The third kappa shape index (κ3) is 16.8. The molecule has 6 aromatic rings. The van der Waals surface area contributed by atoms with E-state index in [-0.39, 0.29) is 43.1 Å². The summed E-state index contributed by atoms with van der Waals surface area (Å²) in [6.07, 6.45) is 5.69.